The van der Waals surface area contributed by atoms with Crippen LogP contribution in [0.5, 0.6) is 5.75 Å². The third-order valence-corrected chi connectivity index (χ3v) is 5.40. The van der Waals surface area contributed by atoms with Crippen molar-refractivity contribution < 1.29 is 4.74 Å². The van der Waals surface area contributed by atoms with Gasteiger partial charge in [-0.1, -0.05) is 48.4 Å². The Bertz CT molecular complexity index is 1210. The highest BCUT2D eigenvalue weighted by Crippen LogP contribution is 2.20. The molecule has 0 atom stereocenters. The molecule has 0 aliphatic rings. The number of ether oxygens (including phenoxy) is 1. The molecular weight excluding hydrogens is 394 g/mol. The molecule has 7 heteroatoms. The van der Waals surface area contributed by atoms with Gasteiger partial charge in [0, 0.05) is 10.6 Å². The van der Waals surface area contributed by atoms with Crippen molar-refractivity contribution in [1.29, 1.82) is 0 Å². The molecule has 2 heterocycles. The van der Waals surface area contributed by atoms with Crippen molar-refractivity contribution in [3.05, 3.63) is 74.0 Å². The molecule has 28 heavy (non-hydrogen) atoms. The van der Waals surface area contributed by atoms with Crippen molar-refractivity contribution in [3.8, 4) is 17.1 Å². The second kappa shape index (κ2) is 8.12. The number of thiazole rings is 1. The summed E-state index contributed by atoms with van der Waals surface area (Å²) in [5, 5.41) is 5.01. The molecule has 0 unspecified atom stereocenters. The Kier molecular flexibility index (Phi) is 5.41. The predicted octanol–water partition coefficient (Wildman–Crippen LogP) is 4.20. The van der Waals surface area contributed by atoms with E-state index in [0.29, 0.717) is 26.9 Å². The summed E-state index contributed by atoms with van der Waals surface area (Å²) in [5.41, 5.74) is 1.53. The van der Waals surface area contributed by atoms with Crippen LogP contribution in [0.1, 0.15) is 25.3 Å². The number of fused-ring (bicyclic) bond motifs is 1. The van der Waals surface area contributed by atoms with Crippen LogP contribution in [0.15, 0.2) is 53.3 Å². The Balaban J connectivity index is 1.62. The molecule has 2 aromatic heterocycles. The zero-order chi connectivity index (χ0) is 19.5. The summed E-state index contributed by atoms with van der Waals surface area (Å²) in [6.45, 7) is 2.84. The van der Waals surface area contributed by atoms with Gasteiger partial charge in [-0.25, -0.2) is 0 Å². The van der Waals surface area contributed by atoms with E-state index in [2.05, 4.69) is 17.0 Å². The molecular formula is C21H18ClN3O2S. The fourth-order valence-electron chi connectivity index (χ4n) is 2.74. The largest absolute Gasteiger partial charge is 0.494 e. The SMILES string of the molecule is CCCCOc1ccc(-c2nc3s/c(=C\c4cccc(Cl)c4)c(=O)n3n2)cc1. The van der Waals surface area contributed by atoms with E-state index in [4.69, 9.17) is 16.3 Å². The van der Waals surface area contributed by atoms with Crippen molar-refractivity contribution in [3.63, 3.8) is 0 Å². The Morgan fingerprint density at radius 3 is 2.75 bits per heavy atom. The second-order valence-electron chi connectivity index (χ2n) is 6.33. The molecule has 0 aliphatic heterocycles. The standard InChI is InChI=1S/C21H18ClN3O2S/c1-2-3-11-27-17-9-7-15(8-10-17)19-23-21-25(24-19)20(26)18(28-21)13-14-5-4-6-16(22)12-14/h4-10,12-13H,2-3,11H2,1H3/b18-13-. The number of benzene rings is 2. The second-order valence-corrected chi connectivity index (χ2v) is 7.77. The Morgan fingerprint density at radius 1 is 1.21 bits per heavy atom. The maximum atomic E-state index is 12.6. The van der Waals surface area contributed by atoms with Crippen molar-refractivity contribution in [2.45, 2.75) is 19.8 Å². The summed E-state index contributed by atoms with van der Waals surface area (Å²) in [7, 11) is 0. The maximum Gasteiger partial charge on any atom is 0.291 e. The molecule has 142 valence electrons. The van der Waals surface area contributed by atoms with E-state index in [1.54, 1.807) is 12.1 Å². The van der Waals surface area contributed by atoms with Gasteiger partial charge in [-0.15, -0.1) is 5.10 Å². The average molecular weight is 412 g/mol. The normalized spacial score (nSPS) is 12.0. The smallest absolute Gasteiger partial charge is 0.291 e. The summed E-state index contributed by atoms with van der Waals surface area (Å²) in [4.78, 5) is 17.7. The van der Waals surface area contributed by atoms with Gasteiger partial charge >= 0.3 is 0 Å². The third kappa shape index (κ3) is 3.93. The van der Waals surface area contributed by atoms with Gasteiger partial charge in [0.1, 0.15) is 5.75 Å². The van der Waals surface area contributed by atoms with E-state index in [9.17, 15) is 4.79 Å². The Morgan fingerprint density at radius 2 is 2.04 bits per heavy atom. The first-order chi connectivity index (χ1) is 13.6. The lowest BCUT2D eigenvalue weighted by molar-refractivity contribution is 0.309. The van der Waals surface area contributed by atoms with Gasteiger partial charge in [-0.2, -0.15) is 9.50 Å². The van der Waals surface area contributed by atoms with E-state index in [-0.39, 0.29) is 5.56 Å². The number of hydrogen-bond donors (Lipinski definition) is 0. The zero-order valence-corrected chi connectivity index (χ0v) is 16.8. The van der Waals surface area contributed by atoms with Crippen LogP contribution in [0.3, 0.4) is 0 Å². The van der Waals surface area contributed by atoms with Gasteiger partial charge in [0.15, 0.2) is 5.82 Å². The molecule has 4 aromatic rings. The number of rotatable bonds is 6. The lowest BCUT2D eigenvalue weighted by Gasteiger charge is -2.05. The van der Waals surface area contributed by atoms with Gasteiger partial charge in [0.2, 0.25) is 4.96 Å². The number of unbranched alkanes of at least 4 members (excludes halogenated alkanes) is 1. The van der Waals surface area contributed by atoms with Crippen molar-refractivity contribution in [1.82, 2.24) is 14.6 Å². The molecule has 0 fully saturated rings. The molecule has 0 aliphatic carbocycles. The minimum absolute atomic E-state index is 0.182. The molecule has 4 rings (SSSR count). The van der Waals surface area contributed by atoms with Crippen LogP contribution < -0.4 is 14.8 Å². The molecule has 0 saturated carbocycles. The highest BCUT2D eigenvalue weighted by atomic mass is 35.5. The fraction of sp³-hybridized carbons (Fsp3) is 0.190. The maximum absolute atomic E-state index is 12.6. The summed E-state index contributed by atoms with van der Waals surface area (Å²) in [5.74, 6) is 1.35. The third-order valence-electron chi connectivity index (χ3n) is 4.21. The predicted molar refractivity (Wildman–Crippen MR) is 113 cm³/mol. The number of halogens is 1. The molecule has 0 amide bonds. The number of nitrogens with zero attached hydrogens (tertiary/aromatic N) is 3. The van der Waals surface area contributed by atoms with Gasteiger partial charge in [0.25, 0.3) is 5.56 Å². The lowest BCUT2D eigenvalue weighted by Crippen LogP contribution is -2.23. The molecule has 5 nitrogen and oxygen atoms in total. The van der Waals surface area contributed by atoms with Gasteiger partial charge in [0.05, 0.1) is 11.1 Å². The van der Waals surface area contributed by atoms with Crippen molar-refractivity contribution >= 4 is 34.0 Å². The average Bonchev–Trinajstić information content (AvgIpc) is 3.23. The highest BCUT2D eigenvalue weighted by molar-refractivity contribution is 7.15. The van der Waals surface area contributed by atoms with Crippen LogP contribution in [0.4, 0.5) is 0 Å². The quantitative estimate of drug-likeness (QED) is 0.446. The topological polar surface area (TPSA) is 56.5 Å². The van der Waals surface area contributed by atoms with Crippen LogP contribution in [-0.4, -0.2) is 21.2 Å². The monoisotopic (exact) mass is 411 g/mol. The molecule has 0 spiro atoms. The minimum atomic E-state index is -0.182. The Labute approximate surface area is 170 Å². The van der Waals surface area contributed by atoms with Gasteiger partial charge in [-0.05, 0) is 54.5 Å². The first-order valence-corrected chi connectivity index (χ1v) is 10.2. The fourth-order valence-corrected chi connectivity index (χ4v) is 3.84. The summed E-state index contributed by atoms with van der Waals surface area (Å²) in [6.07, 6.45) is 3.93. The minimum Gasteiger partial charge on any atom is -0.494 e. The molecule has 0 radical (unpaired) electrons. The van der Waals surface area contributed by atoms with Crippen LogP contribution in [0.25, 0.3) is 22.4 Å². The van der Waals surface area contributed by atoms with E-state index in [1.165, 1.54) is 15.9 Å². The van der Waals surface area contributed by atoms with Gasteiger partial charge < -0.3 is 4.74 Å². The van der Waals surface area contributed by atoms with E-state index in [0.717, 1.165) is 29.7 Å². The molecule has 0 N–H and O–H groups in total. The summed E-state index contributed by atoms with van der Waals surface area (Å²) in [6, 6.07) is 15.0. The van der Waals surface area contributed by atoms with Crippen LogP contribution in [-0.2, 0) is 0 Å². The van der Waals surface area contributed by atoms with Crippen molar-refractivity contribution in [2.75, 3.05) is 6.61 Å². The van der Waals surface area contributed by atoms with Crippen LogP contribution >= 0.6 is 22.9 Å². The molecule has 2 aromatic carbocycles. The zero-order valence-electron chi connectivity index (χ0n) is 15.3. The first-order valence-electron chi connectivity index (χ1n) is 9.04. The van der Waals surface area contributed by atoms with E-state index < -0.39 is 0 Å². The highest BCUT2D eigenvalue weighted by Gasteiger charge is 2.12. The van der Waals surface area contributed by atoms with Crippen LogP contribution in [0.2, 0.25) is 5.02 Å². The van der Waals surface area contributed by atoms with Gasteiger partial charge in [-0.3, -0.25) is 4.79 Å². The Hall–Kier alpha value is -2.70. The lowest BCUT2D eigenvalue weighted by atomic mass is 10.2. The summed E-state index contributed by atoms with van der Waals surface area (Å²) >= 11 is 7.32. The number of hydrogen-bond acceptors (Lipinski definition) is 5. The van der Waals surface area contributed by atoms with Crippen LogP contribution in [0, 0.1) is 0 Å². The van der Waals surface area contributed by atoms with E-state index in [1.807, 2.05) is 42.5 Å². The molecule has 0 bridgehead atoms. The summed E-state index contributed by atoms with van der Waals surface area (Å²) < 4.78 is 7.60. The van der Waals surface area contributed by atoms with Crippen molar-refractivity contribution in [2.24, 2.45) is 0 Å². The van der Waals surface area contributed by atoms with E-state index >= 15 is 0 Å². The molecule has 0 saturated heterocycles. The number of aromatic nitrogens is 3. The first kappa shape index (κ1) is 18.7.